The van der Waals surface area contributed by atoms with Crippen molar-refractivity contribution < 1.29 is 129 Å². The Balaban J connectivity index is 1.45. The first-order valence-electron chi connectivity index (χ1n) is 19.0. The average Bonchev–Trinajstić information content (AvgIpc) is 3.32. The van der Waals surface area contributed by atoms with Crippen LogP contribution in [0.4, 0.5) is 0 Å². The number of benzene rings is 5. The van der Waals surface area contributed by atoms with Crippen molar-refractivity contribution in [3.05, 3.63) is 51.6 Å². The summed E-state index contributed by atoms with van der Waals surface area (Å²) in [5.74, 6) is -31.3. The van der Waals surface area contributed by atoms with Gasteiger partial charge in [0.1, 0.15) is 12.7 Å². The molecule has 68 heavy (non-hydrogen) atoms. The number of phenolic OH excluding ortho intramolecular Hbond substituents is 15. The number of hydrogen-bond donors (Lipinski definition) is 15. The largest absolute Gasteiger partial charge is 0.504 e. The Bertz CT molecular complexity index is 3210. The lowest BCUT2D eigenvalue weighted by Gasteiger charge is -2.41. The van der Waals surface area contributed by atoms with Crippen LogP contribution in [0.5, 0.6) is 86.2 Å². The first kappa shape index (κ1) is 43.7. The summed E-state index contributed by atoms with van der Waals surface area (Å²) in [5, 5.41) is 166. The molecule has 6 bridgehead atoms. The lowest BCUT2D eigenvalue weighted by atomic mass is 9.80. The summed E-state index contributed by atoms with van der Waals surface area (Å²) in [6.07, 6.45) is -12.4. The number of methoxy groups -OCH3 is 1. The molecule has 0 radical (unpaired) electrons. The van der Waals surface area contributed by atoms with Gasteiger partial charge in [-0.3, -0.25) is 0 Å². The SMILES string of the molecule is CO[C@@H]1c2c(O)c(O)c(O)c3c2C(=O)O[C@@H]1[C@H]1OC(=O)c2c(c(O)c(O)c(O)c2-3)-c2c(cc(O)c(O)c2O)C(=O)O[C@@H]2COC(=O)c3cc(O)c(O)c(O)c3-c3c(cc(O)c(O)c3O)C(=O)O[C@@H]12. The molecule has 15 N–H and O–H groups in total. The fraction of sp³-hybridized carbons (Fsp3) is 0.167. The maximum absolute atomic E-state index is 15.1. The second kappa shape index (κ2) is 14.7. The first-order chi connectivity index (χ1) is 32.0. The van der Waals surface area contributed by atoms with E-state index in [9.17, 15) is 95.8 Å². The van der Waals surface area contributed by atoms with E-state index >= 15 is 4.79 Å². The highest BCUT2D eigenvalue weighted by Gasteiger charge is 2.56. The van der Waals surface area contributed by atoms with Crippen LogP contribution in [0.2, 0.25) is 0 Å². The quantitative estimate of drug-likeness (QED) is 0.0649. The Kier molecular flexibility index (Phi) is 9.45. The van der Waals surface area contributed by atoms with Crippen molar-refractivity contribution in [2.75, 3.05) is 13.7 Å². The smallest absolute Gasteiger partial charge is 0.340 e. The third-order valence-electron chi connectivity index (χ3n) is 11.7. The molecule has 0 unspecified atom stereocenters. The lowest BCUT2D eigenvalue weighted by molar-refractivity contribution is -0.159. The molecule has 26 nitrogen and oxygen atoms in total. The van der Waals surface area contributed by atoms with Crippen molar-refractivity contribution in [2.24, 2.45) is 0 Å². The molecule has 5 heterocycles. The van der Waals surface area contributed by atoms with E-state index < -0.39 is 220 Å². The monoisotopic (exact) mass is 948 g/mol. The fourth-order valence-corrected chi connectivity index (χ4v) is 8.62. The van der Waals surface area contributed by atoms with Crippen molar-refractivity contribution in [3.8, 4) is 120 Å². The average molecular weight is 949 g/mol. The predicted molar refractivity (Wildman–Crippen MR) is 211 cm³/mol. The van der Waals surface area contributed by atoms with Crippen molar-refractivity contribution >= 4 is 29.8 Å². The molecule has 5 aliphatic heterocycles. The van der Waals surface area contributed by atoms with Crippen LogP contribution in [0.25, 0.3) is 33.4 Å². The number of esters is 5. The Morgan fingerprint density at radius 2 is 0.750 bits per heavy atom. The van der Waals surface area contributed by atoms with E-state index in [1.165, 1.54) is 0 Å². The van der Waals surface area contributed by atoms with Crippen LogP contribution in [0.15, 0.2) is 18.2 Å². The highest BCUT2D eigenvalue weighted by atomic mass is 16.6. The summed E-state index contributed by atoms with van der Waals surface area (Å²) < 4.78 is 34.0. The van der Waals surface area contributed by atoms with Crippen LogP contribution in [0.3, 0.4) is 0 Å². The zero-order valence-corrected chi connectivity index (χ0v) is 33.5. The Hall–Kier alpha value is -9.59. The van der Waals surface area contributed by atoms with E-state index in [-0.39, 0.29) is 0 Å². The topological polar surface area (TPSA) is 444 Å². The Labute approximate surface area is 373 Å². The molecule has 5 aromatic rings. The molecular formula is C42H28O26. The van der Waals surface area contributed by atoms with E-state index in [4.69, 9.17) is 28.4 Å². The van der Waals surface area contributed by atoms with E-state index in [0.29, 0.717) is 18.2 Å². The molecule has 0 aromatic heterocycles. The normalized spacial score (nSPS) is 20.4. The van der Waals surface area contributed by atoms with Gasteiger partial charge in [-0.25, -0.2) is 24.0 Å². The Morgan fingerprint density at radius 1 is 0.382 bits per heavy atom. The van der Waals surface area contributed by atoms with Crippen molar-refractivity contribution in [3.63, 3.8) is 0 Å². The summed E-state index contributed by atoms with van der Waals surface area (Å²) >= 11 is 0. The number of carbonyl (C=O) groups excluding carboxylic acids is 5. The minimum atomic E-state index is -2.69. The zero-order chi connectivity index (χ0) is 49.4. The Morgan fingerprint density at radius 3 is 1.25 bits per heavy atom. The van der Waals surface area contributed by atoms with Gasteiger partial charge in [0.25, 0.3) is 0 Å². The number of carbonyl (C=O) groups is 5. The molecule has 0 saturated carbocycles. The zero-order valence-electron chi connectivity index (χ0n) is 33.5. The maximum atomic E-state index is 15.1. The molecule has 5 aromatic carbocycles. The van der Waals surface area contributed by atoms with Crippen LogP contribution in [-0.4, -0.2) is 145 Å². The van der Waals surface area contributed by atoms with Crippen LogP contribution in [0.1, 0.15) is 63.5 Å². The molecule has 5 aliphatic rings. The lowest BCUT2D eigenvalue weighted by Crippen LogP contribution is -2.56. The molecule has 0 spiro atoms. The van der Waals surface area contributed by atoms with Crippen LogP contribution >= 0.6 is 0 Å². The van der Waals surface area contributed by atoms with Gasteiger partial charge in [-0.05, 0) is 18.2 Å². The van der Waals surface area contributed by atoms with Gasteiger partial charge in [0.15, 0.2) is 81.9 Å². The van der Waals surface area contributed by atoms with E-state index in [1.54, 1.807) is 0 Å². The minimum absolute atomic E-state index is 0.348. The number of ether oxygens (including phenoxy) is 6. The summed E-state index contributed by atoms with van der Waals surface area (Å²) in [6.45, 7) is -1.47. The molecule has 0 saturated heterocycles. The third kappa shape index (κ3) is 5.76. The van der Waals surface area contributed by atoms with Crippen LogP contribution < -0.4 is 0 Å². The van der Waals surface area contributed by atoms with Gasteiger partial charge in [-0.1, -0.05) is 0 Å². The molecule has 0 fully saturated rings. The van der Waals surface area contributed by atoms with E-state index in [0.717, 1.165) is 7.11 Å². The number of aromatic hydroxyl groups is 15. The molecule has 10 rings (SSSR count). The summed E-state index contributed by atoms with van der Waals surface area (Å²) in [5.41, 5.74) is -14.1. The maximum Gasteiger partial charge on any atom is 0.340 e. The highest BCUT2D eigenvalue weighted by Crippen LogP contribution is 2.62. The standard InChI is InChI=1S/C42H28O26/c1-63-35-21-20-18(30(54)33(57)31(21)55)17-19-16(28(52)32(56)29(17)53)15-8(4-11(45)24(48)27(15)51)39(59)65-12-5-64-38(58)6-2-9(43)22(46)25(49)13(6)14-7(3-10(44)23(47)26(14)50)40(60)66-34(12)36(67-41(19)61)37(35)68-42(20)62/h2-4,12,34-37,43-57H,5H2,1H3/t12-,34-,35-,36+,37+/m1/s1. The second-order valence-electron chi connectivity index (χ2n) is 15.2. The number of cyclic esters (lactones) is 1. The van der Waals surface area contributed by atoms with Crippen molar-refractivity contribution in [2.45, 2.75) is 30.5 Å². The summed E-state index contributed by atoms with van der Waals surface area (Å²) in [4.78, 5) is 72.9. The number of fused-ring (bicyclic) bond motifs is 7. The van der Waals surface area contributed by atoms with Crippen LogP contribution in [0, 0.1) is 0 Å². The van der Waals surface area contributed by atoms with E-state index in [2.05, 4.69) is 0 Å². The second-order valence-corrected chi connectivity index (χ2v) is 15.2. The number of hydrogen-bond acceptors (Lipinski definition) is 26. The predicted octanol–water partition coefficient (Wildman–Crippen LogP) is 1.97. The van der Waals surface area contributed by atoms with E-state index in [1.807, 2.05) is 0 Å². The fourth-order valence-electron chi connectivity index (χ4n) is 8.62. The third-order valence-corrected chi connectivity index (χ3v) is 11.7. The molecule has 352 valence electrons. The minimum Gasteiger partial charge on any atom is -0.504 e. The van der Waals surface area contributed by atoms with Gasteiger partial charge in [-0.2, -0.15) is 0 Å². The first-order valence-corrected chi connectivity index (χ1v) is 19.0. The molecule has 0 aliphatic carbocycles. The van der Waals surface area contributed by atoms with Crippen molar-refractivity contribution in [1.82, 2.24) is 0 Å². The van der Waals surface area contributed by atoms with Gasteiger partial charge in [0.2, 0.25) is 28.7 Å². The molecule has 5 atom stereocenters. The summed E-state index contributed by atoms with van der Waals surface area (Å²) in [7, 11) is 0.875. The van der Waals surface area contributed by atoms with Gasteiger partial charge < -0.3 is 105 Å². The number of rotatable bonds is 1. The number of phenols is 15. The highest BCUT2D eigenvalue weighted by molar-refractivity contribution is 6.16. The molecular weight excluding hydrogens is 920 g/mol. The molecule has 26 heteroatoms. The van der Waals surface area contributed by atoms with Gasteiger partial charge in [-0.15, -0.1) is 0 Å². The summed E-state index contributed by atoms with van der Waals surface area (Å²) in [6, 6.07) is 1.15. The van der Waals surface area contributed by atoms with Gasteiger partial charge in [0, 0.05) is 46.1 Å². The van der Waals surface area contributed by atoms with Gasteiger partial charge >= 0.3 is 29.8 Å². The van der Waals surface area contributed by atoms with Crippen molar-refractivity contribution in [1.29, 1.82) is 0 Å². The van der Waals surface area contributed by atoms with Gasteiger partial charge in [0.05, 0.1) is 27.8 Å². The van der Waals surface area contributed by atoms with Crippen LogP contribution in [-0.2, 0) is 28.4 Å². The molecule has 0 amide bonds.